The molecule has 0 unspecified atom stereocenters. The number of rotatable bonds is 3. The Morgan fingerprint density at radius 2 is 1.64 bits per heavy atom. The van der Waals surface area contributed by atoms with Gasteiger partial charge in [-0.1, -0.05) is 35.9 Å². The summed E-state index contributed by atoms with van der Waals surface area (Å²) in [6.45, 7) is 7.37. The van der Waals surface area contributed by atoms with Crippen LogP contribution in [0.3, 0.4) is 0 Å². The first-order chi connectivity index (χ1) is 13.5. The molecule has 0 bridgehead atoms. The summed E-state index contributed by atoms with van der Waals surface area (Å²) in [7, 11) is 0. The number of hydrogen-bond acceptors (Lipinski definition) is 3. The lowest BCUT2D eigenvalue weighted by molar-refractivity contribution is -0.915. The largest absolute Gasteiger partial charge is 0.360 e. The molecule has 6 heteroatoms. The molecule has 0 saturated carbocycles. The van der Waals surface area contributed by atoms with Crippen LogP contribution in [0.4, 0.5) is 11.4 Å². The monoisotopic (exact) mass is 398 g/mol. The molecule has 146 valence electrons. The van der Waals surface area contributed by atoms with Crippen molar-refractivity contribution in [3.8, 4) is 0 Å². The molecule has 0 aromatic heterocycles. The summed E-state index contributed by atoms with van der Waals surface area (Å²) in [5.74, 6) is -0.161. The zero-order valence-electron chi connectivity index (χ0n) is 16.2. The normalized spacial score (nSPS) is 20.9. The Kier molecular flexibility index (Phi) is 5.13. The summed E-state index contributed by atoms with van der Waals surface area (Å²) in [5.41, 5.74) is 4.02. The first-order valence-corrected chi connectivity index (χ1v) is 10.1. The first kappa shape index (κ1) is 19.0. The van der Waals surface area contributed by atoms with Crippen LogP contribution >= 0.6 is 11.6 Å². The number of para-hydroxylation sites is 1. The zero-order valence-corrected chi connectivity index (χ0v) is 17.0. The first-order valence-electron chi connectivity index (χ1n) is 9.74. The molecule has 2 fully saturated rings. The van der Waals surface area contributed by atoms with Gasteiger partial charge in [-0.2, -0.15) is 0 Å². The second kappa shape index (κ2) is 7.57. The van der Waals surface area contributed by atoms with Crippen LogP contribution in [0.1, 0.15) is 17.5 Å². The fourth-order valence-electron chi connectivity index (χ4n) is 4.32. The van der Waals surface area contributed by atoms with E-state index in [1.54, 1.807) is 0 Å². The minimum Gasteiger partial charge on any atom is -0.360 e. The van der Waals surface area contributed by atoms with Gasteiger partial charge in [-0.25, -0.2) is 4.90 Å². The Labute approximate surface area is 170 Å². The van der Waals surface area contributed by atoms with E-state index in [2.05, 4.69) is 11.8 Å². The zero-order chi connectivity index (χ0) is 19.8. The van der Waals surface area contributed by atoms with Gasteiger partial charge in [0.1, 0.15) is 0 Å². The molecule has 0 spiro atoms. The third kappa shape index (κ3) is 3.40. The Balaban J connectivity index is 1.47. The molecule has 0 radical (unpaired) electrons. The molecule has 1 atom stereocenters. The van der Waals surface area contributed by atoms with Crippen molar-refractivity contribution in [1.29, 1.82) is 0 Å². The van der Waals surface area contributed by atoms with Crippen molar-refractivity contribution in [2.75, 3.05) is 36.0 Å². The lowest BCUT2D eigenvalue weighted by Crippen LogP contribution is -3.19. The molecule has 2 aliphatic heterocycles. The van der Waals surface area contributed by atoms with Gasteiger partial charge in [0.05, 0.1) is 38.3 Å². The van der Waals surface area contributed by atoms with Crippen LogP contribution in [0.2, 0.25) is 5.02 Å². The number of aryl methyl sites for hydroxylation is 2. The third-order valence-corrected chi connectivity index (χ3v) is 6.15. The maximum Gasteiger partial charge on any atom is 0.292 e. The molecule has 2 saturated heterocycles. The number of amides is 2. The quantitative estimate of drug-likeness (QED) is 0.804. The maximum absolute atomic E-state index is 13.1. The van der Waals surface area contributed by atoms with Gasteiger partial charge >= 0.3 is 0 Å². The molecule has 2 aromatic carbocycles. The summed E-state index contributed by atoms with van der Waals surface area (Å²) >= 11 is 6.17. The fraction of sp³-hybridized carbons (Fsp3) is 0.364. The van der Waals surface area contributed by atoms with Gasteiger partial charge < -0.3 is 9.80 Å². The maximum atomic E-state index is 13.1. The number of quaternary nitrogens is 1. The van der Waals surface area contributed by atoms with Crippen molar-refractivity contribution >= 4 is 34.8 Å². The number of hydrogen-bond donors (Lipinski definition) is 1. The summed E-state index contributed by atoms with van der Waals surface area (Å²) in [4.78, 5) is 30.6. The fourth-order valence-corrected chi connectivity index (χ4v) is 4.49. The van der Waals surface area contributed by atoms with Gasteiger partial charge in [-0.05, 0) is 43.2 Å². The number of imide groups is 1. The average molecular weight is 399 g/mol. The molecule has 2 amide bonds. The predicted molar refractivity (Wildman–Crippen MR) is 111 cm³/mol. The lowest BCUT2D eigenvalue weighted by Gasteiger charge is -2.36. The van der Waals surface area contributed by atoms with Crippen molar-refractivity contribution in [2.24, 2.45) is 0 Å². The summed E-state index contributed by atoms with van der Waals surface area (Å²) in [6.07, 6.45) is 0.290. The number of halogens is 1. The predicted octanol–water partition coefficient (Wildman–Crippen LogP) is 1.99. The Morgan fingerprint density at radius 1 is 0.964 bits per heavy atom. The van der Waals surface area contributed by atoms with Crippen LogP contribution in [0.5, 0.6) is 0 Å². The van der Waals surface area contributed by atoms with Gasteiger partial charge in [0, 0.05) is 10.7 Å². The van der Waals surface area contributed by atoms with Gasteiger partial charge in [0.15, 0.2) is 6.04 Å². The molecule has 2 heterocycles. The highest BCUT2D eigenvalue weighted by atomic mass is 35.5. The Bertz CT molecular complexity index is 922. The van der Waals surface area contributed by atoms with Crippen molar-refractivity contribution in [3.63, 3.8) is 0 Å². The molecular formula is C22H25ClN3O2+. The molecule has 5 nitrogen and oxygen atoms in total. The standard InChI is InChI=1S/C22H24ClN3O2/c1-15-5-3-4-6-18(15)26-21(27)14-20(22(26)28)25-11-9-24(10-12-25)19-13-17(23)8-7-16(19)2/h3-8,13,20H,9-12,14H2,1-2H3/p+1/t20-/m0/s1. The summed E-state index contributed by atoms with van der Waals surface area (Å²) < 4.78 is 0. The molecule has 2 aromatic rings. The van der Waals surface area contributed by atoms with Crippen LogP contribution in [0.25, 0.3) is 0 Å². The highest BCUT2D eigenvalue weighted by Gasteiger charge is 2.46. The van der Waals surface area contributed by atoms with E-state index in [0.29, 0.717) is 12.1 Å². The highest BCUT2D eigenvalue weighted by Crippen LogP contribution is 2.26. The lowest BCUT2D eigenvalue weighted by atomic mass is 10.1. The Hall–Kier alpha value is -2.37. The van der Waals surface area contributed by atoms with E-state index < -0.39 is 0 Å². The van der Waals surface area contributed by atoms with E-state index >= 15 is 0 Å². The molecule has 1 N–H and O–H groups in total. The second-order valence-corrected chi connectivity index (χ2v) is 8.12. The number of piperazine rings is 1. The van der Waals surface area contributed by atoms with Crippen molar-refractivity contribution in [1.82, 2.24) is 0 Å². The minimum absolute atomic E-state index is 0.0679. The molecule has 4 rings (SSSR count). The van der Waals surface area contributed by atoms with Gasteiger partial charge in [-0.15, -0.1) is 0 Å². The van der Waals surface area contributed by atoms with E-state index in [9.17, 15) is 9.59 Å². The van der Waals surface area contributed by atoms with Gasteiger partial charge in [-0.3, -0.25) is 9.59 Å². The van der Waals surface area contributed by atoms with Crippen LogP contribution < -0.4 is 14.7 Å². The smallest absolute Gasteiger partial charge is 0.292 e. The van der Waals surface area contributed by atoms with E-state index in [1.165, 1.54) is 15.4 Å². The average Bonchev–Trinajstić information content (AvgIpc) is 2.99. The van der Waals surface area contributed by atoms with Crippen molar-refractivity contribution in [2.45, 2.75) is 26.3 Å². The van der Waals surface area contributed by atoms with Crippen molar-refractivity contribution in [3.05, 3.63) is 58.6 Å². The summed E-state index contributed by atoms with van der Waals surface area (Å²) in [5, 5.41) is 0.737. The van der Waals surface area contributed by atoms with E-state index in [4.69, 9.17) is 11.6 Å². The van der Waals surface area contributed by atoms with E-state index in [-0.39, 0.29) is 17.9 Å². The number of carbonyl (C=O) groups is 2. The van der Waals surface area contributed by atoms with E-state index in [0.717, 1.165) is 42.5 Å². The summed E-state index contributed by atoms with van der Waals surface area (Å²) in [6, 6.07) is 13.2. The SMILES string of the molecule is Cc1ccc(Cl)cc1N1CC[NH+]([C@H]2CC(=O)N(c3ccccc3C)C2=O)CC1. The number of nitrogens with zero attached hydrogens (tertiary/aromatic N) is 2. The molecule has 2 aliphatic rings. The number of nitrogens with one attached hydrogen (secondary N) is 1. The number of benzene rings is 2. The van der Waals surface area contributed by atoms with E-state index in [1.807, 2.05) is 49.4 Å². The van der Waals surface area contributed by atoms with Crippen LogP contribution in [0.15, 0.2) is 42.5 Å². The van der Waals surface area contributed by atoms with Crippen LogP contribution in [-0.4, -0.2) is 44.0 Å². The minimum atomic E-state index is -0.283. The molecule has 0 aliphatic carbocycles. The van der Waals surface area contributed by atoms with Gasteiger partial charge in [0.2, 0.25) is 5.91 Å². The second-order valence-electron chi connectivity index (χ2n) is 7.69. The van der Waals surface area contributed by atoms with Crippen LogP contribution in [-0.2, 0) is 9.59 Å². The van der Waals surface area contributed by atoms with Crippen molar-refractivity contribution < 1.29 is 14.5 Å². The molecular weight excluding hydrogens is 374 g/mol. The number of carbonyl (C=O) groups excluding carboxylic acids is 2. The Morgan fingerprint density at radius 3 is 2.36 bits per heavy atom. The third-order valence-electron chi connectivity index (χ3n) is 5.91. The highest BCUT2D eigenvalue weighted by molar-refractivity contribution is 6.30. The van der Waals surface area contributed by atoms with Crippen LogP contribution in [0, 0.1) is 13.8 Å². The molecule has 28 heavy (non-hydrogen) atoms. The topological polar surface area (TPSA) is 45.1 Å². The van der Waals surface area contributed by atoms with Gasteiger partial charge in [0.25, 0.3) is 5.91 Å². The number of anilines is 2.